The number of likely N-dealkylation sites (N-methyl/N-ethyl adjacent to an activating group) is 1. The van der Waals surface area contributed by atoms with Crippen LogP contribution < -0.4 is 10.8 Å². The standard InChI is InChI=1S/C30H41BN4O6/c1-18-14-23(31(38)39)10-12-25(18)19(2)16-34(8)28(36)32-24-11-13-26(27-20(3)33-41-21(27)4)22(15-24)17-35(9)29(37)40-30(5,6)7/h10-15,19,38-39H,16-17H2,1-9H3,(H,32,36)/t19-/m0/s1. The number of carbonyl (C=O) groups is 2. The number of rotatable bonds is 8. The molecule has 3 N–H and O–H groups in total. The van der Waals surface area contributed by atoms with Gasteiger partial charge in [0.05, 0.1) is 5.69 Å². The summed E-state index contributed by atoms with van der Waals surface area (Å²) >= 11 is 0. The minimum Gasteiger partial charge on any atom is -0.444 e. The molecule has 0 bridgehead atoms. The zero-order chi connectivity index (χ0) is 30.6. The summed E-state index contributed by atoms with van der Waals surface area (Å²) in [6.45, 7) is 13.8. The Balaban J connectivity index is 1.81. The van der Waals surface area contributed by atoms with Crippen LogP contribution in [0.25, 0.3) is 11.1 Å². The van der Waals surface area contributed by atoms with Gasteiger partial charge in [0.15, 0.2) is 0 Å². The molecule has 1 atom stereocenters. The fraction of sp³-hybridized carbons (Fsp3) is 0.433. The fourth-order valence-corrected chi connectivity index (χ4v) is 4.80. The van der Waals surface area contributed by atoms with E-state index in [-0.39, 0.29) is 18.5 Å². The number of aryl methyl sites for hydroxylation is 3. The molecule has 0 aliphatic carbocycles. The van der Waals surface area contributed by atoms with Crippen LogP contribution in [-0.2, 0) is 11.3 Å². The second kappa shape index (κ2) is 12.8. The molecule has 3 aromatic rings. The number of hydrogen-bond acceptors (Lipinski definition) is 7. The Labute approximate surface area is 242 Å². The van der Waals surface area contributed by atoms with E-state index in [2.05, 4.69) is 10.5 Å². The molecule has 0 saturated heterocycles. The Kier molecular flexibility index (Phi) is 9.88. The molecule has 0 fully saturated rings. The SMILES string of the molecule is Cc1cc(B(O)O)ccc1[C@@H](C)CN(C)C(=O)Nc1ccc(-c2c(C)noc2C)c(CN(C)C(=O)OC(C)(C)C)c1. The highest BCUT2D eigenvalue weighted by Crippen LogP contribution is 2.33. The smallest absolute Gasteiger partial charge is 0.444 e. The third-order valence-electron chi connectivity index (χ3n) is 6.79. The molecule has 0 aliphatic rings. The Morgan fingerprint density at radius 3 is 2.32 bits per heavy atom. The highest BCUT2D eigenvalue weighted by Gasteiger charge is 2.23. The molecule has 220 valence electrons. The van der Waals surface area contributed by atoms with E-state index in [0.29, 0.717) is 23.5 Å². The summed E-state index contributed by atoms with van der Waals surface area (Å²) < 4.78 is 10.9. The third-order valence-corrected chi connectivity index (χ3v) is 6.79. The van der Waals surface area contributed by atoms with Crippen molar-refractivity contribution in [1.29, 1.82) is 0 Å². The van der Waals surface area contributed by atoms with Gasteiger partial charge in [0.25, 0.3) is 0 Å². The number of ether oxygens (including phenoxy) is 1. The van der Waals surface area contributed by atoms with Gasteiger partial charge in [-0.2, -0.15) is 0 Å². The van der Waals surface area contributed by atoms with E-state index >= 15 is 0 Å². The van der Waals surface area contributed by atoms with E-state index in [1.54, 1.807) is 31.1 Å². The maximum Gasteiger partial charge on any atom is 0.488 e. The van der Waals surface area contributed by atoms with E-state index in [9.17, 15) is 19.6 Å². The van der Waals surface area contributed by atoms with Gasteiger partial charge in [-0.05, 0) is 87.3 Å². The molecule has 3 rings (SSSR count). The molecule has 41 heavy (non-hydrogen) atoms. The average molecular weight is 564 g/mol. The Morgan fingerprint density at radius 2 is 1.76 bits per heavy atom. The molecular formula is C30H41BN4O6. The Bertz CT molecular complexity index is 1380. The summed E-state index contributed by atoms with van der Waals surface area (Å²) in [5, 5.41) is 25.9. The lowest BCUT2D eigenvalue weighted by atomic mass is 9.78. The lowest BCUT2D eigenvalue weighted by Gasteiger charge is -2.26. The third kappa shape index (κ3) is 8.11. The summed E-state index contributed by atoms with van der Waals surface area (Å²) in [7, 11) is 1.87. The lowest BCUT2D eigenvalue weighted by Crippen LogP contribution is -2.35. The van der Waals surface area contributed by atoms with E-state index in [4.69, 9.17) is 9.26 Å². The number of urea groups is 1. The Morgan fingerprint density at radius 1 is 1.07 bits per heavy atom. The van der Waals surface area contributed by atoms with Crippen molar-refractivity contribution in [2.75, 3.05) is 26.0 Å². The highest BCUT2D eigenvalue weighted by atomic mass is 16.6. The van der Waals surface area contributed by atoms with Crippen molar-refractivity contribution in [1.82, 2.24) is 15.0 Å². The average Bonchev–Trinajstić information content (AvgIpc) is 3.20. The first-order valence-corrected chi connectivity index (χ1v) is 13.6. The monoisotopic (exact) mass is 564 g/mol. The minimum absolute atomic E-state index is 0.00981. The summed E-state index contributed by atoms with van der Waals surface area (Å²) in [6.07, 6.45) is -0.456. The van der Waals surface area contributed by atoms with Gasteiger partial charge in [0.1, 0.15) is 11.4 Å². The van der Waals surface area contributed by atoms with Gasteiger partial charge in [-0.25, -0.2) is 9.59 Å². The molecule has 2 aromatic carbocycles. The Hall–Kier alpha value is -3.83. The summed E-state index contributed by atoms with van der Waals surface area (Å²) in [5.41, 5.74) is 5.53. The number of aromatic nitrogens is 1. The number of nitrogens with one attached hydrogen (secondary N) is 1. The van der Waals surface area contributed by atoms with Crippen molar-refractivity contribution in [2.24, 2.45) is 0 Å². The molecule has 3 amide bonds. The largest absolute Gasteiger partial charge is 0.488 e. The van der Waals surface area contributed by atoms with Gasteiger partial charge < -0.3 is 34.4 Å². The van der Waals surface area contributed by atoms with Crippen LogP contribution >= 0.6 is 0 Å². The van der Waals surface area contributed by atoms with Gasteiger partial charge in [0, 0.05) is 38.4 Å². The molecular weight excluding hydrogens is 523 g/mol. The predicted octanol–water partition coefficient (Wildman–Crippen LogP) is 4.58. The second-order valence-electron chi connectivity index (χ2n) is 11.6. The highest BCUT2D eigenvalue weighted by molar-refractivity contribution is 6.58. The molecule has 0 saturated carbocycles. The number of benzene rings is 2. The molecule has 1 heterocycles. The van der Waals surface area contributed by atoms with Crippen LogP contribution in [0.5, 0.6) is 0 Å². The molecule has 10 nitrogen and oxygen atoms in total. The van der Waals surface area contributed by atoms with Crippen molar-refractivity contribution in [3.8, 4) is 11.1 Å². The summed E-state index contributed by atoms with van der Waals surface area (Å²) in [5.74, 6) is 0.668. The van der Waals surface area contributed by atoms with Crippen LogP contribution in [0.4, 0.5) is 15.3 Å². The quantitative estimate of drug-likeness (QED) is 0.342. The first-order valence-electron chi connectivity index (χ1n) is 13.6. The van der Waals surface area contributed by atoms with Gasteiger partial charge in [-0.3, -0.25) is 0 Å². The lowest BCUT2D eigenvalue weighted by molar-refractivity contribution is 0.0285. The molecule has 0 aliphatic heterocycles. The maximum atomic E-state index is 13.2. The van der Waals surface area contributed by atoms with Crippen LogP contribution in [0.1, 0.15) is 61.8 Å². The minimum atomic E-state index is -1.52. The van der Waals surface area contributed by atoms with E-state index in [1.165, 1.54) is 4.90 Å². The van der Waals surface area contributed by atoms with Crippen molar-refractivity contribution in [3.05, 3.63) is 64.5 Å². The van der Waals surface area contributed by atoms with E-state index in [0.717, 1.165) is 33.5 Å². The molecule has 11 heteroatoms. The first kappa shape index (κ1) is 31.7. The van der Waals surface area contributed by atoms with Gasteiger partial charge in [0.2, 0.25) is 0 Å². The molecule has 0 radical (unpaired) electrons. The fourth-order valence-electron chi connectivity index (χ4n) is 4.80. The zero-order valence-electron chi connectivity index (χ0n) is 25.4. The molecule has 0 spiro atoms. The van der Waals surface area contributed by atoms with Crippen molar-refractivity contribution in [2.45, 2.75) is 66.5 Å². The number of nitrogens with zero attached hydrogens (tertiary/aromatic N) is 3. The van der Waals surface area contributed by atoms with E-state index < -0.39 is 18.8 Å². The van der Waals surface area contributed by atoms with Crippen LogP contribution in [0.3, 0.4) is 0 Å². The number of anilines is 1. The van der Waals surface area contributed by atoms with Crippen LogP contribution in [0.15, 0.2) is 40.9 Å². The zero-order valence-corrected chi connectivity index (χ0v) is 25.4. The van der Waals surface area contributed by atoms with Crippen molar-refractivity contribution in [3.63, 3.8) is 0 Å². The van der Waals surface area contributed by atoms with Crippen LogP contribution in [0.2, 0.25) is 0 Å². The normalized spacial score (nSPS) is 12.1. The molecule has 0 unspecified atom stereocenters. The number of carbonyl (C=O) groups excluding carboxylic acids is 2. The van der Waals surface area contributed by atoms with Gasteiger partial charge in [-0.15, -0.1) is 0 Å². The maximum absolute atomic E-state index is 13.2. The number of hydrogen-bond donors (Lipinski definition) is 3. The van der Waals surface area contributed by atoms with Crippen LogP contribution in [-0.4, -0.2) is 70.5 Å². The van der Waals surface area contributed by atoms with Gasteiger partial charge >= 0.3 is 19.2 Å². The molecule has 1 aromatic heterocycles. The van der Waals surface area contributed by atoms with Crippen LogP contribution in [0, 0.1) is 20.8 Å². The predicted molar refractivity (Wildman–Crippen MR) is 160 cm³/mol. The van der Waals surface area contributed by atoms with Crippen molar-refractivity contribution < 1.29 is 28.9 Å². The van der Waals surface area contributed by atoms with Crippen molar-refractivity contribution >= 4 is 30.4 Å². The van der Waals surface area contributed by atoms with Gasteiger partial charge in [-0.1, -0.05) is 36.3 Å². The first-order chi connectivity index (χ1) is 19.1. The summed E-state index contributed by atoms with van der Waals surface area (Å²) in [4.78, 5) is 29.0. The summed E-state index contributed by atoms with van der Waals surface area (Å²) in [6, 6.07) is 10.6. The topological polar surface area (TPSA) is 128 Å². The second-order valence-corrected chi connectivity index (χ2v) is 11.6. The van der Waals surface area contributed by atoms with E-state index in [1.807, 2.05) is 72.7 Å². The number of amides is 3.